The van der Waals surface area contributed by atoms with Gasteiger partial charge in [-0.25, -0.2) is 9.97 Å². The molecule has 0 spiro atoms. The summed E-state index contributed by atoms with van der Waals surface area (Å²) in [6, 6.07) is 7.30. The number of nitrogens with zero attached hydrogens (tertiary/aromatic N) is 3. The first-order chi connectivity index (χ1) is 8.24. The highest BCUT2D eigenvalue weighted by Crippen LogP contribution is 2.34. The first-order valence-corrected chi connectivity index (χ1v) is 5.60. The fourth-order valence-corrected chi connectivity index (χ4v) is 2.10. The standard InChI is InChI=1S/C12H7Cl2N3/c13-9-2-1-3-10(14)11(9)12-8(4-5-15)6-16-7-17-12/h1-3,6-7H,4H2. The molecule has 17 heavy (non-hydrogen) atoms. The van der Waals surface area contributed by atoms with Crippen LogP contribution < -0.4 is 0 Å². The lowest BCUT2D eigenvalue weighted by Crippen LogP contribution is -1.95. The number of rotatable bonds is 2. The molecule has 0 aliphatic rings. The molecule has 0 saturated carbocycles. The molecule has 0 aliphatic carbocycles. The van der Waals surface area contributed by atoms with Crippen molar-refractivity contribution in [2.24, 2.45) is 0 Å². The zero-order valence-electron chi connectivity index (χ0n) is 8.69. The zero-order valence-corrected chi connectivity index (χ0v) is 10.2. The van der Waals surface area contributed by atoms with Gasteiger partial charge in [-0.1, -0.05) is 29.3 Å². The first-order valence-electron chi connectivity index (χ1n) is 4.84. The van der Waals surface area contributed by atoms with E-state index < -0.39 is 0 Å². The maximum atomic E-state index is 8.76. The van der Waals surface area contributed by atoms with Gasteiger partial charge in [-0.05, 0) is 12.1 Å². The second kappa shape index (κ2) is 5.13. The number of nitriles is 1. The Bertz CT molecular complexity index is 570. The van der Waals surface area contributed by atoms with Gasteiger partial charge in [0.25, 0.3) is 0 Å². The van der Waals surface area contributed by atoms with E-state index in [9.17, 15) is 0 Å². The van der Waals surface area contributed by atoms with Crippen molar-refractivity contribution < 1.29 is 0 Å². The predicted octanol–water partition coefficient (Wildman–Crippen LogP) is 3.52. The van der Waals surface area contributed by atoms with E-state index in [1.54, 1.807) is 24.4 Å². The van der Waals surface area contributed by atoms with Gasteiger partial charge in [-0.3, -0.25) is 0 Å². The molecule has 0 aliphatic heterocycles. The van der Waals surface area contributed by atoms with Gasteiger partial charge in [0.1, 0.15) is 6.33 Å². The first kappa shape index (κ1) is 11.8. The van der Waals surface area contributed by atoms with Gasteiger partial charge in [0.05, 0.1) is 28.2 Å². The molecule has 2 aromatic rings. The Kier molecular flexibility index (Phi) is 3.58. The third-order valence-electron chi connectivity index (χ3n) is 2.26. The van der Waals surface area contributed by atoms with Gasteiger partial charge in [0, 0.05) is 17.3 Å². The van der Waals surface area contributed by atoms with E-state index in [2.05, 4.69) is 16.0 Å². The lowest BCUT2D eigenvalue weighted by Gasteiger charge is -2.08. The Morgan fingerprint density at radius 3 is 2.59 bits per heavy atom. The van der Waals surface area contributed by atoms with Crippen LogP contribution in [0.5, 0.6) is 0 Å². The van der Waals surface area contributed by atoms with E-state index in [1.165, 1.54) is 6.33 Å². The summed E-state index contributed by atoms with van der Waals surface area (Å²) in [6.45, 7) is 0. The molecule has 2 rings (SSSR count). The maximum Gasteiger partial charge on any atom is 0.116 e. The third kappa shape index (κ3) is 2.38. The van der Waals surface area contributed by atoms with Crippen LogP contribution >= 0.6 is 23.2 Å². The van der Waals surface area contributed by atoms with Crippen LogP contribution in [-0.4, -0.2) is 9.97 Å². The predicted molar refractivity (Wildman–Crippen MR) is 66.8 cm³/mol. The van der Waals surface area contributed by atoms with Crippen LogP contribution in [0.3, 0.4) is 0 Å². The average Bonchev–Trinajstić information content (AvgIpc) is 2.31. The number of hydrogen-bond donors (Lipinski definition) is 0. The van der Waals surface area contributed by atoms with Gasteiger partial charge in [-0.15, -0.1) is 0 Å². The van der Waals surface area contributed by atoms with Crippen LogP contribution in [0.15, 0.2) is 30.7 Å². The van der Waals surface area contributed by atoms with Crippen molar-refractivity contribution in [3.63, 3.8) is 0 Å². The van der Waals surface area contributed by atoms with E-state index in [1.807, 2.05) is 0 Å². The normalized spacial score (nSPS) is 9.94. The molecule has 0 radical (unpaired) electrons. The van der Waals surface area contributed by atoms with Crippen LogP contribution in [0.25, 0.3) is 11.3 Å². The molecule has 1 heterocycles. The molecule has 0 amide bonds. The summed E-state index contributed by atoms with van der Waals surface area (Å²) in [7, 11) is 0. The van der Waals surface area contributed by atoms with E-state index >= 15 is 0 Å². The molecule has 5 heteroatoms. The largest absolute Gasteiger partial charge is 0.244 e. The quantitative estimate of drug-likeness (QED) is 0.833. The van der Waals surface area contributed by atoms with Crippen LogP contribution in [0.4, 0.5) is 0 Å². The van der Waals surface area contributed by atoms with Gasteiger partial charge in [0.15, 0.2) is 0 Å². The van der Waals surface area contributed by atoms with Crippen molar-refractivity contribution in [1.82, 2.24) is 9.97 Å². The minimum Gasteiger partial charge on any atom is -0.244 e. The minimum atomic E-state index is 0.220. The Hall–Kier alpha value is -1.63. The number of aromatic nitrogens is 2. The smallest absolute Gasteiger partial charge is 0.116 e. The lowest BCUT2D eigenvalue weighted by molar-refractivity contribution is 1.10. The Labute approximate surface area is 109 Å². The monoisotopic (exact) mass is 263 g/mol. The van der Waals surface area contributed by atoms with Crippen molar-refractivity contribution in [1.29, 1.82) is 5.26 Å². The minimum absolute atomic E-state index is 0.220. The van der Waals surface area contributed by atoms with E-state index in [0.717, 1.165) is 0 Å². The highest BCUT2D eigenvalue weighted by molar-refractivity contribution is 6.39. The summed E-state index contributed by atoms with van der Waals surface area (Å²) in [5, 5.41) is 9.78. The highest BCUT2D eigenvalue weighted by Gasteiger charge is 2.13. The van der Waals surface area contributed by atoms with Crippen molar-refractivity contribution in [2.45, 2.75) is 6.42 Å². The van der Waals surface area contributed by atoms with Crippen LogP contribution in [-0.2, 0) is 6.42 Å². The SMILES string of the molecule is N#CCc1cncnc1-c1c(Cl)cccc1Cl. The van der Waals surface area contributed by atoms with Crippen molar-refractivity contribution in [3.05, 3.63) is 46.3 Å². The summed E-state index contributed by atoms with van der Waals surface area (Å²) in [6.07, 6.45) is 3.23. The summed E-state index contributed by atoms with van der Waals surface area (Å²) in [4.78, 5) is 8.06. The summed E-state index contributed by atoms with van der Waals surface area (Å²) >= 11 is 12.2. The molecule has 3 nitrogen and oxygen atoms in total. The van der Waals surface area contributed by atoms with Gasteiger partial charge in [-0.2, -0.15) is 5.26 Å². The molecule has 0 atom stereocenters. The zero-order chi connectivity index (χ0) is 12.3. The highest BCUT2D eigenvalue weighted by atomic mass is 35.5. The Balaban J connectivity index is 2.65. The molecular weight excluding hydrogens is 257 g/mol. The molecule has 1 aromatic carbocycles. The fraction of sp³-hybridized carbons (Fsp3) is 0.0833. The van der Waals surface area contributed by atoms with Crippen LogP contribution in [0.2, 0.25) is 10.0 Å². The number of hydrogen-bond acceptors (Lipinski definition) is 3. The molecular formula is C12H7Cl2N3. The summed E-state index contributed by atoms with van der Waals surface area (Å²) < 4.78 is 0. The summed E-state index contributed by atoms with van der Waals surface area (Å²) in [5.74, 6) is 0. The van der Waals surface area contributed by atoms with Crippen molar-refractivity contribution >= 4 is 23.2 Å². The molecule has 0 N–H and O–H groups in total. The maximum absolute atomic E-state index is 8.76. The lowest BCUT2D eigenvalue weighted by atomic mass is 10.1. The molecule has 1 aromatic heterocycles. The fourth-order valence-electron chi connectivity index (χ4n) is 1.52. The van der Waals surface area contributed by atoms with Gasteiger partial charge >= 0.3 is 0 Å². The molecule has 0 bridgehead atoms. The molecule has 0 fully saturated rings. The second-order valence-corrected chi connectivity index (χ2v) is 4.14. The van der Waals surface area contributed by atoms with Gasteiger partial charge in [0.2, 0.25) is 0 Å². The molecule has 0 saturated heterocycles. The van der Waals surface area contributed by atoms with E-state index in [-0.39, 0.29) is 6.42 Å². The van der Waals surface area contributed by atoms with Crippen LogP contribution in [0, 0.1) is 11.3 Å². The van der Waals surface area contributed by atoms with Gasteiger partial charge < -0.3 is 0 Å². The summed E-state index contributed by atoms with van der Waals surface area (Å²) in [5.41, 5.74) is 1.96. The van der Waals surface area contributed by atoms with E-state index in [0.29, 0.717) is 26.9 Å². The molecule has 84 valence electrons. The van der Waals surface area contributed by atoms with E-state index in [4.69, 9.17) is 28.5 Å². The topological polar surface area (TPSA) is 49.6 Å². The number of benzene rings is 1. The second-order valence-electron chi connectivity index (χ2n) is 3.33. The van der Waals surface area contributed by atoms with Crippen molar-refractivity contribution in [2.75, 3.05) is 0 Å². The third-order valence-corrected chi connectivity index (χ3v) is 2.89. The Morgan fingerprint density at radius 2 is 1.94 bits per heavy atom. The van der Waals surface area contributed by atoms with Crippen LogP contribution in [0.1, 0.15) is 5.56 Å². The Morgan fingerprint density at radius 1 is 1.24 bits per heavy atom. The average molecular weight is 264 g/mol. The van der Waals surface area contributed by atoms with Crippen molar-refractivity contribution in [3.8, 4) is 17.3 Å². The number of halogens is 2. The molecule has 0 unspecified atom stereocenters.